The number of nitrogens with zero attached hydrogens (tertiary/aromatic N) is 1. The van der Waals surface area contributed by atoms with Gasteiger partial charge in [0.25, 0.3) is 0 Å². The highest BCUT2D eigenvalue weighted by molar-refractivity contribution is 6.70. The van der Waals surface area contributed by atoms with E-state index in [4.69, 9.17) is 18.1 Å². The molecule has 39 heavy (non-hydrogen) atoms. The Balaban J connectivity index is 1.72. The topological polar surface area (TPSA) is 49.3 Å². The maximum absolute atomic E-state index is 7.52. The molecule has 4 aliphatic carbocycles. The fourth-order valence-corrected chi connectivity index (χ4v) is 12.4. The molecule has 3 fully saturated rings. The van der Waals surface area contributed by atoms with Gasteiger partial charge in [-0.3, -0.25) is 0 Å². The van der Waals surface area contributed by atoms with Crippen LogP contribution >= 0.6 is 0 Å². The number of fused-ring (bicyclic) bond motifs is 5. The lowest BCUT2D eigenvalue weighted by molar-refractivity contribution is -0.167. The van der Waals surface area contributed by atoms with Crippen molar-refractivity contribution in [2.45, 2.75) is 136 Å². The molecule has 3 unspecified atom stereocenters. The molecule has 0 N–H and O–H groups in total. The molecule has 0 aromatic carbocycles. The lowest BCUT2D eigenvalue weighted by Crippen LogP contribution is -2.65. The number of hydrogen-bond acceptors (Lipinski definition) is 5. The molecule has 0 spiro atoms. The van der Waals surface area contributed by atoms with Crippen molar-refractivity contribution < 1.29 is 18.1 Å². The average Bonchev–Trinajstić information content (AvgIpc) is 3.07. The monoisotopic (exact) mass is 593 g/mol. The highest BCUT2D eigenvalue weighted by Gasteiger charge is 2.68. The Morgan fingerprint density at radius 1 is 0.846 bits per heavy atom. The van der Waals surface area contributed by atoms with Gasteiger partial charge in [-0.15, -0.1) is 0 Å². The molecule has 8 heteroatoms. The molecule has 0 saturated heterocycles. The molecule has 0 radical (unpaired) electrons. The number of oxime groups is 1. The number of allylic oxidation sites excluding steroid dienone is 2. The average molecular weight is 594 g/mol. The van der Waals surface area contributed by atoms with E-state index < -0.39 is 25.0 Å². The maximum Gasteiger partial charge on any atom is 0.184 e. The summed E-state index contributed by atoms with van der Waals surface area (Å²) < 4.78 is 21.4. The summed E-state index contributed by atoms with van der Waals surface area (Å²) in [6.45, 7) is 26.9. The van der Waals surface area contributed by atoms with E-state index in [0.717, 1.165) is 30.4 Å². The van der Waals surface area contributed by atoms with Crippen LogP contribution in [0.1, 0.15) is 65.2 Å². The quantitative estimate of drug-likeness (QED) is 0.198. The van der Waals surface area contributed by atoms with E-state index in [9.17, 15) is 0 Å². The summed E-state index contributed by atoms with van der Waals surface area (Å²) in [5, 5.41) is 4.32. The third-order valence-corrected chi connectivity index (χ3v) is 13.5. The minimum atomic E-state index is -1.88. The van der Waals surface area contributed by atoms with Crippen LogP contribution in [0.5, 0.6) is 0 Å². The van der Waals surface area contributed by atoms with Gasteiger partial charge >= 0.3 is 0 Å². The Morgan fingerprint density at radius 2 is 1.51 bits per heavy atom. The smallest absolute Gasteiger partial charge is 0.184 e. The zero-order chi connectivity index (χ0) is 29.1. The summed E-state index contributed by atoms with van der Waals surface area (Å²) in [5.41, 5.74) is 2.88. The van der Waals surface area contributed by atoms with E-state index in [1.807, 2.05) is 0 Å². The first kappa shape index (κ1) is 31.7. The molecule has 4 aliphatic rings. The normalized spacial score (nSPS) is 39.0. The van der Waals surface area contributed by atoms with Crippen LogP contribution in [0.25, 0.3) is 0 Å². The third-order valence-electron chi connectivity index (χ3n) is 10.5. The van der Waals surface area contributed by atoms with E-state index in [0.29, 0.717) is 12.5 Å². The van der Waals surface area contributed by atoms with Gasteiger partial charge in [-0.1, -0.05) is 24.6 Å². The molecule has 224 valence electrons. The second-order valence-corrected chi connectivity index (χ2v) is 29.9. The fraction of sp³-hybridized carbons (Fsp3) is 0.903. The Hall–Kier alpha value is -0.259. The molecule has 0 aromatic heterocycles. The predicted octanol–water partition coefficient (Wildman–Crippen LogP) is 8.61. The molecular weight excluding hydrogens is 535 g/mol. The van der Waals surface area contributed by atoms with Crippen molar-refractivity contribution in [3.8, 4) is 0 Å². The lowest BCUT2D eigenvalue weighted by Gasteiger charge is -2.62. The highest BCUT2D eigenvalue weighted by atomic mass is 28.4. The largest absolute Gasteiger partial charge is 0.415 e. The molecule has 0 aliphatic heterocycles. The van der Waals surface area contributed by atoms with Crippen LogP contribution in [0.15, 0.2) is 16.8 Å². The number of rotatable bonds is 9. The molecule has 0 heterocycles. The van der Waals surface area contributed by atoms with Gasteiger partial charge in [0.1, 0.15) is 7.11 Å². The van der Waals surface area contributed by atoms with Crippen LogP contribution in [0.3, 0.4) is 0 Å². The molecule has 0 aromatic rings. The van der Waals surface area contributed by atoms with Crippen molar-refractivity contribution in [3.63, 3.8) is 0 Å². The first-order valence-corrected chi connectivity index (χ1v) is 25.9. The van der Waals surface area contributed by atoms with E-state index >= 15 is 0 Å². The highest BCUT2D eigenvalue weighted by Crippen LogP contribution is 2.69. The second kappa shape index (κ2) is 10.8. The zero-order valence-electron chi connectivity index (χ0n) is 27.3. The molecule has 7 atom stereocenters. The van der Waals surface area contributed by atoms with Crippen LogP contribution < -0.4 is 0 Å². The Bertz CT molecular complexity index is 964. The standard InChI is InChI=1S/C31H59NO4Si3/c1-29-18-15-24(32-33-3)21-23(29)13-14-25-26(29)16-19-30(2)27(25)17-20-31(30,36-39(10,11)12)28(35-38(7,8)9)22-34-37(4,5)6/h21,25-28H,13-20,22H2,1-12H3/t25?,26?,27?,28-,29+,30+,31+/m1/s1. The van der Waals surface area contributed by atoms with E-state index in [-0.39, 0.29) is 22.5 Å². The molecule has 4 rings (SSSR count). The molecule has 0 amide bonds. The minimum absolute atomic E-state index is 0.00583. The van der Waals surface area contributed by atoms with Gasteiger partial charge in [-0.25, -0.2) is 0 Å². The van der Waals surface area contributed by atoms with Gasteiger partial charge in [0.2, 0.25) is 0 Å². The van der Waals surface area contributed by atoms with Gasteiger partial charge in [-0.05, 0) is 140 Å². The van der Waals surface area contributed by atoms with E-state index in [1.54, 1.807) is 12.7 Å². The minimum Gasteiger partial charge on any atom is -0.415 e. The Labute approximate surface area is 243 Å². The van der Waals surface area contributed by atoms with Crippen LogP contribution in [-0.2, 0) is 18.1 Å². The van der Waals surface area contributed by atoms with E-state index in [2.05, 4.69) is 84.0 Å². The SMILES string of the molecule is CON=C1C=C2CCC3C(CC[C@@]4(C)C3CC[C@]4(O[Si](C)(C)C)[C@@H](CO[Si](C)(C)C)O[Si](C)(C)C)[C@@]2(C)CC1. The van der Waals surface area contributed by atoms with Crippen molar-refractivity contribution in [1.29, 1.82) is 0 Å². The lowest BCUT2D eigenvalue weighted by atomic mass is 9.46. The summed E-state index contributed by atoms with van der Waals surface area (Å²) in [4.78, 5) is 5.15. The maximum atomic E-state index is 7.52. The van der Waals surface area contributed by atoms with Crippen LogP contribution in [0.4, 0.5) is 0 Å². The van der Waals surface area contributed by atoms with Gasteiger partial charge in [0.05, 0.1) is 24.0 Å². The van der Waals surface area contributed by atoms with Crippen molar-refractivity contribution in [2.24, 2.45) is 33.7 Å². The van der Waals surface area contributed by atoms with Gasteiger partial charge in [0.15, 0.2) is 25.0 Å². The molecule has 3 saturated carbocycles. The first-order chi connectivity index (χ1) is 17.8. The van der Waals surface area contributed by atoms with Crippen molar-refractivity contribution >= 4 is 30.7 Å². The summed E-state index contributed by atoms with van der Waals surface area (Å²) in [5.74, 6) is 2.18. The Morgan fingerprint density at radius 3 is 2.10 bits per heavy atom. The van der Waals surface area contributed by atoms with Crippen molar-refractivity contribution in [2.75, 3.05) is 13.7 Å². The van der Waals surface area contributed by atoms with E-state index in [1.165, 1.54) is 38.5 Å². The van der Waals surface area contributed by atoms with Crippen molar-refractivity contribution in [3.05, 3.63) is 11.6 Å². The summed E-state index contributed by atoms with van der Waals surface area (Å²) in [6.07, 6.45) is 12.0. The van der Waals surface area contributed by atoms with Gasteiger partial charge < -0.3 is 18.1 Å². The molecular formula is C31H59NO4Si3. The number of hydrogen-bond donors (Lipinski definition) is 0. The third kappa shape index (κ3) is 6.26. The zero-order valence-corrected chi connectivity index (χ0v) is 30.3. The predicted molar refractivity (Wildman–Crippen MR) is 171 cm³/mol. The van der Waals surface area contributed by atoms with Crippen LogP contribution in [0, 0.1) is 28.6 Å². The van der Waals surface area contributed by atoms with Crippen molar-refractivity contribution in [1.82, 2.24) is 0 Å². The van der Waals surface area contributed by atoms with Gasteiger partial charge in [-0.2, -0.15) is 0 Å². The summed E-state index contributed by atoms with van der Waals surface area (Å²) in [6, 6.07) is 0. The molecule has 0 bridgehead atoms. The fourth-order valence-electron chi connectivity index (χ4n) is 9.12. The summed E-state index contributed by atoms with van der Waals surface area (Å²) in [7, 11) is -3.75. The van der Waals surface area contributed by atoms with Crippen LogP contribution in [0.2, 0.25) is 58.9 Å². The van der Waals surface area contributed by atoms with Crippen LogP contribution in [-0.4, -0.2) is 56.1 Å². The second-order valence-electron chi connectivity index (χ2n) is 16.5. The Kier molecular flexibility index (Phi) is 8.76. The summed E-state index contributed by atoms with van der Waals surface area (Å²) >= 11 is 0. The molecule has 5 nitrogen and oxygen atoms in total. The van der Waals surface area contributed by atoms with Gasteiger partial charge in [0, 0.05) is 5.41 Å². The first-order valence-electron chi connectivity index (χ1n) is 15.7.